The number of aromatic hydroxyl groups is 6. The highest BCUT2D eigenvalue weighted by atomic mass is 16.3. The molecule has 132 valence electrons. The summed E-state index contributed by atoms with van der Waals surface area (Å²) in [6.07, 6.45) is 1.64. The number of phenolic OH excluding ortho intramolecular Hbond substituents is 6. The van der Waals surface area contributed by atoms with Gasteiger partial charge in [0.2, 0.25) is 11.5 Å². The number of benzene rings is 2. The molecule has 0 aliphatic carbocycles. The Kier molecular flexibility index (Phi) is 3.96. The lowest BCUT2D eigenvalue weighted by Crippen LogP contribution is -2.28. The fourth-order valence-corrected chi connectivity index (χ4v) is 2.95. The number of carbonyl (C=O) groups excluding carboxylic acids is 1. The monoisotopic (exact) mass is 347 g/mol. The van der Waals surface area contributed by atoms with E-state index in [0.29, 0.717) is 13.1 Å². The molecule has 1 heterocycles. The number of amides is 1. The van der Waals surface area contributed by atoms with Crippen LogP contribution >= 0.6 is 0 Å². The molecule has 0 aromatic heterocycles. The number of rotatable bonds is 2. The number of hydrogen-bond acceptors (Lipinski definition) is 7. The van der Waals surface area contributed by atoms with Crippen LogP contribution in [0.25, 0.3) is 11.1 Å². The second-order valence-corrected chi connectivity index (χ2v) is 5.84. The minimum Gasteiger partial charge on any atom is -0.504 e. The highest BCUT2D eigenvalue weighted by molar-refractivity contribution is 6.05. The number of phenols is 6. The van der Waals surface area contributed by atoms with E-state index in [9.17, 15) is 35.4 Å². The van der Waals surface area contributed by atoms with Crippen molar-refractivity contribution in [2.75, 3.05) is 13.1 Å². The average Bonchev–Trinajstić information content (AvgIpc) is 3.12. The quantitative estimate of drug-likeness (QED) is 0.455. The van der Waals surface area contributed by atoms with Crippen LogP contribution in [0, 0.1) is 0 Å². The van der Waals surface area contributed by atoms with Crippen molar-refractivity contribution in [2.24, 2.45) is 0 Å². The highest BCUT2D eigenvalue weighted by Crippen LogP contribution is 2.50. The third-order valence-electron chi connectivity index (χ3n) is 4.28. The summed E-state index contributed by atoms with van der Waals surface area (Å²) in [6.45, 7) is 1.01. The van der Waals surface area contributed by atoms with E-state index in [-0.39, 0.29) is 16.7 Å². The largest absolute Gasteiger partial charge is 0.504 e. The molecule has 8 nitrogen and oxygen atoms in total. The van der Waals surface area contributed by atoms with Crippen molar-refractivity contribution in [2.45, 2.75) is 12.8 Å². The number of hydrogen-bond donors (Lipinski definition) is 6. The summed E-state index contributed by atoms with van der Waals surface area (Å²) in [5, 5.41) is 59.1. The number of nitrogens with zero attached hydrogens (tertiary/aromatic N) is 1. The van der Waals surface area contributed by atoms with Crippen LogP contribution in [0.3, 0.4) is 0 Å². The van der Waals surface area contributed by atoms with Gasteiger partial charge in [0.1, 0.15) is 0 Å². The molecular weight excluding hydrogens is 330 g/mol. The summed E-state index contributed by atoms with van der Waals surface area (Å²) in [7, 11) is 0. The van der Waals surface area contributed by atoms with Gasteiger partial charge in [0, 0.05) is 24.2 Å². The minimum absolute atomic E-state index is 0.143. The molecule has 25 heavy (non-hydrogen) atoms. The Morgan fingerprint density at radius 3 is 2.04 bits per heavy atom. The van der Waals surface area contributed by atoms with Gasteiger partial charge < -0.3 is 35.5 Å². The van der Waals surface area contributed by atoms with E-state index in [4.69, 9.17) is 0 Å². The lowest BCUT2D eigenvalue weighted by atomic mass is 9.95. The zero-order valence-corrected chi connectivity index (χ0v) is 13.1. The Labute approximate surface area is 142 Å². The summed E-state index contributed by atoms with van der Waals surface area (Å²) in [4.78, 5) is 14.3. The summed E-state index contributed by atoms with van der Waals surface area (Å²) in [5.41, 5.74) is -0.569. The Morgan fingerprint density at radius 1 is 0.800 bits per heavy atom. The fourth-order valence-electron chi connectivity index (χ4n) is 2.95. The van der Waals surface area contributed by atoms with Crippen molar-refractivity contribution in [1.29, 1.82) is 0 Å². The van der Waals surface area contributed by atoms with Crippen LogP contribution in [0.4, 0.5) is 0 Å². The first-order chi connectivity index (χ1) is 11.8. The molecule has 8 heteroatoms. The molecule has 6 N–H and O–H groups in total. The molecular formula is C17H17NO7. The van der Waals surface area contributed by atoms with Crippen LogP contribution in [0.1, 0.15) is 23.2 Å². The van der Waals surface area contributed by atoms with Crippen molar-refractivity contribution in [3.05, 3.63) is 23.8 Å². The fraction of sp³-hybridized carbons (Fsp3) is 0.235. The van der Waals surface area contributed by atoms with Gasteiger partial charge in [-0.3, -0.25) is 4.79 Å². The standard InChI is InChI=1S/C17H17NO7/c19-10-4-3-8(13(21)14(10)22)12-9(7-11(20)15(23)16(12)24)17(25)18-5-1-2-6-18/h3-4,7,19-24H,1-2,5-6H2. The van der Waals surface area contributed by atoms with Gasteiger partial charge in [-0.05, 0) is 31.0 Å². The lowest BCUT2D eigenvalue weighted by molar-refractivity contribution is 0.0792. The van der Waals surface area contributed by atoms with Gasteiger partial charge in [-0.25, -0.2) is 0 Å². The van der Waals surface area contributed by atoms with Crippen LogP contribution in [-0.2, 0) is 0 Å². The van der Waals surface area contributed by atoms with Crippen LogP contribution in [-0.4, -0.2) is 54.5 Å². The SMILES string of the molecule is O=C(c1cc(O)c(O)c(O)c1-c1ccc(O)c(O)c1O)N1CCCC1. The van der Waals surface area contributed by atoms with Crippen LogP contribution in [0.2, 0.25) is 0 Å². The van der Waals surface area contributed by atoms with Gasteiger partial charge in [0.15, 0.2) is 23.0 Å². The molecule has 0 atom stereocenters. The molecule has 1 fully saturated rings. The van der Waals surface area contributed by atoms with Crippen LogP contribution in [0.15, 0.2) is 18.2 Å². The van der Waals surface area contributed by atoms with Crippen molar-refractivity contribution >= 4 is 5.91 Å². The molecule has 1 amide bonds. The predicted octanol–water partition coefficient (Wildman–Crippen LogP) is 1.82. The van der Waals surface area contributed by atoms with E-state index < -0.39 is 40.4 Å². The zero-order chi connectivity index (χ0) is 18.3. The van der Waals surface area contributed by atoms with E-state index >= 15 is 0 Å². The average molecular weight is 347 g/mol. The number of carbonyl (C=O) groups is 1. The smallest absolute Gasteiger partial charge is 0.254 e. The molecule has 1 saturated heterocycles. The lowest BCUT2D eigenvalue weighted by Gasteiger charge is -2.20. The first kappa shape index (κ1) is 16.6. The number of likely N-dealkylation sites (tertiary alicyclic amines) is 1. The van der Waals surface area contributed by atoms with Gasteiger partial charge >= 0.3 is 0 Å². The molecule has 0 spiro atoms. The minimum atomic E-state index is -0.861. The first-order valence-corrected chi connectivity index (χ1v) is 7.64. The summed E-state index contributed by atoms with van der Waals surface area (Å²) < 4.78 is 0. The third-order valence-corrected chi connectivity index (χ3v) is 4.28. The van der Waals surface area contributed by atoms with E-state index in [0.717, 1.165) is 25.0 Å². The summed E-state index contributed by atoms with van der Waals surface area (Å²) >= 11 is 0. The summed E-state index contributed by atoms with van der Waals surface area (Å²) in [5.74, 6) is -5.05. The van der Waals surface area contributed by atoms with E-state index in [1.54, 1.807) is 0 Å². The van der Waals surface area contributed by atoms with Gasteiger partial charge in [0.25, 0.3) is 5.91 Å². The van der Waals surface area contributed by atoms with E-state index in [1.807, 2.05) is 0 Å². The third kappa shape index (κ3) is 2.61. The maximum Gasteiger partial charge on any atom is 0.254 e. The molecule has 2 aromatic carbocycles. The zero-order valence-electron chi connectivity index (χ0n) is 13.1. The molecule has 0 radical (unpaired) electrons. The van der Waals surface area contributed by atoms with Crippen molar-refractivity contribution in [1.82, 2.24) is 4.90 Å². The van der Waals surface area contributed by atoms with E-state index in [2.05, 4.69) is 0 Å². The van der Waals surface area contributed by atoms with Gasteiger partial charge in [-0.15, -0.1) is 0 Å². The molecule has 0 unspecified atom stereocenters. The molecule has 0 saturated carbocycles. The Bertz CT molecular complexity index is 857. The Balaban J connectivity index is 2.26. The van der Waals surface area contributed by atoms with E-state index in [1.165, 1.54) is 11.0 Å². The molecule has 2 aromatic rings. The van der Waals surface area contributed by atoms with Crippen molar-refractivity contribution in [3.8, 4) is 45.6 Å². The first-order valence-electron chi connectivity index (χ1n) is 7.64. The molecule has 1 aliphatic rings. The van der Waals surface area contributed by atoms with Gasteiger partial charge in [-0.1, -0.05) is 0 Å². The highest BCUT2D eigenvalue weighted by Gasteiger charge is 2.29. The Morgan fingerprint density at radius 2 is 1.40 bits per heavy atom. The van der Waals surface area contributed by atoms with Crippen molar-refractivity contribution in [3.63, 3.8) is 0 Å². The second-order valence-electron chi connectivity index (χ2n) is 5.84. The Hall–Kier alpha value is -3.29. The van der Waals surface area contributed by atoms with Crippen molar-refractivity contribution < 1.29 is 35.4 Å². The van der Waals surface area contributed by atoms with Gasteiger partial charge in [-0.2, -0.15) is 0 Å². The maximum atomic E-state index is 12.7. The predicted molar refractivity (Wildman–Crippen MR) is 87.0 cm³/mol. The summed E-state index contributed by atoms with van der Waals surface area (Å²) in [6, 6.07) is 3.24. The molecule has 3 rings (SSSR count). The van der Waals surface area contributed by atoms with Crippen LogP contribution < -0.4 is 0 Å². The van der Waals surface area contributed by atoms with Gasteiger partial charge in [0.05, 0.1) is 5.56 Å². The normalized spacial score (nSPS) is 14.0. The topological polar surface area (TPSA) is 142 Å². The maximum absolute atomic E-state index is 12.7. The van der Waals surface area contributed by atoms with Crippen LogP contribution in [0.5, 0.6) is 34.5 Å². The second kappa shape index (κ2) is 5.97. The molecule has 0 bridgehead atoms. The molecule has 1 aliphatic heterocycles.